The van der Waals surface area contributed by atoms with Crippen LogP contribution >= 0.6 is 0 Å². The highest BCUT2D eigenvalue weighted by atomic mass is 32.2. The molecule has 0 spiro atoms. The first kappa shape index (κ1) is 18.0. The van der Waals surface area contributed by atoms with Gasteiger partial charge in [-0.05, 0) is 70.2 Å². The van der Waals surface area contributed by atoms with E-state index in [1.807, 2.05) is 12.1 Å². The highest BCUT2D eigenvalue weighted by Crippen LogP contribution is 2.30. The van der Waals surface area contributed by atoms with Crippen molar-refractivity contribution in [3.8, 4) is 0 Å². The SMILES string of the molecule is CC1CCCCN1CCC1CCN(C2=NS(=O)(=O)c3ccccc32)CC1. The topological polar surface area (TPSA) is 53.0 Å². The van der Waals surface area contributed by atoms with Gasteiger partial charge in [0.25, 0.3) is 10.0 Å². The zero-order valence-corrected chi connectivity index (χ0v) is 16.4. The maximum absolute atomic E-state index is 12.3. The van der Waals surface area contributed by atoms with E-state index in [2.05, 4.69) is 21.1 Å². The van der Waals surface area contributed by atoms with E-state index in [-0.39, 0.29) is 0 Å². The van der Waals surface area contributed by atoms with Gasteiger partial charge in [-0.2, -0.15) is 8.42 Å². The quantitative estimate of drug-likeness (QED) is 0.815. The van der Waals surface area contributed by atoms with Crippen molar-refractivity contribution in [2.75, 3.05) is 26.2 Å². The molecule has 0 bridgehead atoms. The van der Waals surface area contributed by atoms with Gasteiger partial charge >= 0.3 is 0 Å². The molecule has 3 aliphatic rings. The molecule has 4 rings (SSSR count). The number of sulfonamides is 1. The van der Waals surface area contributed by atoms with Crippen molar-refractivity contribution in [3.63, 3.8) is 0 Å². The van der Waals surface area contributed by atoms with E-state index in [0.717, 1.165) is 43.5 Å². The minimum Gasteiger partial charge on any atom is -0.355 e. The largest absolute Gasteiger partial charge is 0.355 e. The van der Waals surface area contributed by atoms with Crippen LogP contribution < -0.4 is 0 Å². The molecule has 1 unspecified atom stereocenters. The Labute approximate surface area is 157 Å². The van der Waals surface area contributed by atoms with Gasteiger partial charge in [0.05, 0.1) is 0 Å². The van der Waals surface area contributed by atoms with Crippen LogP contribution in [0.2, 0.25) is 0 Å². The number of likely N-dealkylation sites (tertiary alicyclic amines) is 2. The molecule has 0 aliphatic carbocycles. The average Bonchev–Trinajstić information content (AvgIpc) is 2.93. The first-order valence-corrected chi connectivity index (χ1v) is 11.4. The second kappa shape index (κ2) is 7.31. The standard InChI is InChI=1S/C20H29N3O2S/c1-16-6-4-5-12-22(16)13-9-17-10-14-23(15-11-17)20-18-7-2-3-8-19(18)26(24,25)21-20/h2-3,7-8,16-17H,4-6,9-15H2,1H3. The maximum atomic E-state index is 12.3. The Morgan fingerprint density at radius 3 is 2.62 bits per heavy atom. The summed E-state index contributed by atoms with van der Waals surface area (Å²) < 4.78 is 28.6. The van der Waals surface area contributed by atoms with Crippen LogP contribution in [0.4, 0.5) is 0 Å². The summed E-state index contributed by atoms with van der Waals surface area (Å²) >= 11 is 0. The predicted octanol–water partition coefficient (Wildman–Crippen LogP) is 3.11. The van der Waals surface area contributed by atoms with Gasteiger partial charge in [0.15, 0.2) is 5.84 Å². The van der Waals surface area contributed by atoms with E-state index in [4.69, 9.17) is 0 Å². The molecule has 0 saturated carbocycles. The number of nitrogens with zero attached hydrogens (tertiary/aromatic N) is 3. The summed E-state index contributed by atoms with van der Waals surface area (Å²) in [5.41, 5.74) is 0.771. The second-order valence-corrected chi connectivity index (χ2v) is 9.56. The highest BCUT2D eigenvalue weighted by molar-refractivity contribution is 7.90. The summed E-state index contributed by atoms with van der Waals surface area (Å²) in [6.07, 6.45) is 7.58. The molecule has 3 heterocycles. The van der Waals surface area contributed by atoms with E-state index < -0.39 is 10.0 Å². The molecule has 3 aliphatic heterocycles. The van der Waals surface area contributed by atoms with E-state index in [0.29, 0.717) is 10.7 Å². The van der Waals surface area contributed by atoms with Crippen LogP contribution in [-0.2, 0) is 10.0 Å². The van der Waals surface area contributed by atoms with E-state index in [1.165, 1.54) is 38.8 Å². The summed E-state index contributed by atoms with van der Waals surface area (Å²) in [4.78, 5) is 5.18. The smallest absolute Gasteiger partial charge is 0.285 e. The molecular formula is C20H29N3O2S. The minimum absolute atomic E-state index is 0.358. The first-order chi connectivity index (χ1) is 12.5. The second-order valence-electron chi connectivity index (χ2n) is 7.99. The fourth-order valence-electron chi connectivity index (χ4n) is 4.59. The average molecular weight is 376 g/mol. The summed E-state index contributed by atoms with van der Waals surface area (Å²) in [6, 6.07) is 7.93. The Bertz CT molecular complexity index is 782. The molecule has 1 atom stereocenters. The van der Waals surface area contributed by atoms with Crippen molar-refractivity contribution in [2.24, 2.45) is 10.3 Å². The number of fused-ring (bicyclic) bond motifs is 1. The molecule has 1 aromatic carbocycles. The fraction of sp³-hybridized carbons (Fsp3) is 0.650. The van der Waals surface area contributed by atoms with Crippen molar-refractivity contribution in [1.29, 1.82) is 0 Å². The molecule has 2 saturated heterocycles. The van der Waals surface area contributed by atoms with Crippen LogP contribution in [-0.4, -0.2) is 56.3 Å². The molecule has 26 heavy (non-hydrogen) atoms. The van der Waals surface area contributed by atoms with Crippen LogP contribution in [0, 0.1) is 5.92 Å². The molecule has 0 amide bonds. The van der Waals surface area contributed by atoms with Gasteiger partial charge in [-0.3, -0.25) is 0 Å². The zero-order chi connectivity index (χ0) is 18.1. The van der Waals surface area contributed by atoms with Crippen molar-refractivity contribution in [1.82, 2.24) is 9.80 Å². The first-order valence-electron chi connectivity index (χ1n) is 9.98. The number of piperidine rings is 2. The Balaban J connectivity index is 1.34. The van der Waals surface area contributed by atoms with Crippen molar-refractivity contribution in [3.05, 3.63) is 29.8 Å². The van der Waals surface area contributed by atoms with Gasteiger partial charge in [0.2, 0.25) is 0 Å². The van der Waals surface area contributed by atoms with Gasteiger partial charge in [0, 0.05) is 24.7 Å². The third-order valence-corrected chi connectivity index (χ3v) is 7.62. The Kier molecular flexibility index (Phi) is 5.06. The predicted molar refractivity (Wildman–Crippen MR) is 104 cm³/mol. The molecule has 5 nitrogen and oxygen atoms in total. The molecule has 0 N–H and O–H groups in total. The lowest BCUT2D eigenvalue weighted by molar-refractivity contribution is 0.140. The van der Waals surface area contributed by atoms with Crippen LogP contribution in [0.3, 0.4) is 0 Å². The molecule has 0 radical (unpaired) electrons. The zero-order valence-electron chi connectivity index (χ0n) is 15.6. The Hall–Kier alpha value is -1.40. The van der Waals surface area contributed by atoms with Crippen LogP contribution in [0.1, 0.15) is 51.0 Å². The molecule has 2 fully saturated rings. The number of amidine groups is 1. The van der Waals surface area contributed by atoms with Gasteiger partial charge in [-0.25, -0.2) is 0 Å². The van der Waals surface area contributed by atoms with E-state index in [9.17, 15) is 8.42 Å². The van der Waals surface area contributed by atoms with E-state index >= 15 is 0 Å². The lowest BCUT2D eigenvalue weighted by Gasteiger charge is -2.37. The van der Waals surface area contributed by atoms with Crippen LogP contribution in [0.25, 0.3) is 0 Å². The Morgan fingerprint density at radius 2 is 1.85 bits per heavy atom. The van der Waals surface area contributed by atoms with E-state index in [1.54, 1.807) is 12.1 Å². The minimum atomic E-state index is -3.51. The maximum Gasteiger partial charge on any atom is 0.285 e. The van der Waals surface area contributed by atoms with Gasteiger partial charge in [-0.15, -0.1) is 4.40 Å². The summed E-state index contributed by atoms with van der Waals surface area (Å²) in [5, 5.41) is 0. The number of hydrogen-bond acceptors (Lipinski definition) is 4. The van der Waals surface area contributed by atoms with Crippen molar-refractivity contribution >= 4 is 15.9 Å². The molecular weight excluding hydrogens is 346 g/mol. The number of benzene rings is 1. The van der Waals surface area contributed by atoms with Gasteiger partial charge < -0.3 is 9.80 Å². The highest BCUT2D eigenvalue weighted by Gasteiger charge is 2.33. The Morgan fingerprint density at radius 1 is 1.08 bits per heavy atom. The fourth-order valence-corrected chi connectivity index (χ4v) is 5.82. The normalized spacial score (nSPS) is 26.6. The van der Waals surface area contributed by atoms with Gasteiger partial charge in [-0.1, -0.05) is 18.6 Å². The molecule has 6 heteroatoms. The van der Waals surface area contributed by atoms with Crippen molar-refractivity contribution in [2.45, 2.75) is 56.4 Å². The molecule has 142 valence electrons. The van der Waals surface area contributed by atoms with Crippen LogP contribution in [0.15, 0.2) is 33.6 Å². The van der Waals surface area contributed by atoms with Gasteiger partial charge in [0.1, 0.15) is 4.90 Å². The third-order valence-electron chi connectivity index (χ3n) is 6.29. The summed E-state index contributed by atoms with van der Waals surface area (Å²) in [7, 11) is -3.51. The summed E-state index contributed by atoms with van der Waals surface area (Å²) in [6.45, 7) is 6.64. The lowest BCUT2D eigenvalue weighted by Crippen LogP contribution is -2.41. The monoisotopic (exact) mass is 375 g/mol. The third kappa shape index (κ3) is 3.54. The summed E-state index contributed by atoms with van der Waals surface area (Å²) in [5.74, 6) is 1.40. The lowest BCUT2D eigenvalue weighted by atomic mass is 9.92. The number of rotatable bonds is 3. The number of hydrogen-bond donors (Lipinski definition) is 0. The van der Waals surface area contributed by atoms with Crippen LogP contribution in [0.5, 0.6) is 0 Å². The van der Waals surface area contributed by atoms with Crippen molar-refractivity contribution < 1.29 is 8.42 Å². The molecule has 1 aromatic rings. The molecule has 0 aromatic heterocycles.